The van der Waals surface area contributed by atoms with Gasteiger partial charge in [-0.2, -0.15) is 9.36 Å². The van der Waals surface area contributed by atoms with E-state index in [-0.39, 0.29) is 41.5 Å². The number of pyridine rings is 1. The summed E-state index contributed by atoms with van der Waals surface area (Å²) >= 11 is 2.19. The number of β-lactam (4-membered cyclic amide) rings is 1. The maximum Gasteiger partial charge on any atom is 0.306 e. The number of thioether (sulfide) groups is 1. The molecule has 4 heterocycles. The molecule has 2 aromatic heterocycles. The van der Waals surface area contributed by atoms with Crippen LogP contribution in [-0.2, 0) is 41.9 Å². The smallest absolute Gasteiger partial charge is 0.306 e. The number of anilines is 1. The summed E-state index contributed by atoms with van der Waals surface area (Å²) in [5, 5.41) is 18.0. The average molecular weight is 744 g/mol. The molecule has 2 aliphatic heterocycles. The van der Waals surface area contributed by atoms with Gasteiger partial charge in [-0.25, -0.2) is 4.57 Å². The minimum atomic E-state index is -1.48. The monoisotopic (exact) mass is 743 g/mol. The normalized spacial score (nSPS) is 17.2. The Kier molecular flexibility index (Phi) is 16.1. The van der Waals surface area contributed by atoms with E-state index >= 15 is 0 Å². The number of carbonyl (C=O) groups excluding carboxylic acids is 4. The van der Waals surface area contributed by atoms with Gasteiger partial charge in [-0.15, -0.1) is 11.8 Å². The Hall–Kier alpha value is -4.05. The lowest BCUT2D eigenvalue weighted by atomic mass is 10.0. The highest BCUT2D eigenvalue weighted by Crippen LogP contribution is 2.40. The van der Waals surface area contributed by atoms with Gasteiger partial charge in [-0.05, 0) is 6.42 Å². The molecular weight excluding hydrogens is 695 g/mol. The van der Waals surface area contributed by atoms with E-state index in [0.29, 0.717) is 17.7 Å². The zero-order valence-electron chi connectivity index (χ0n) is 29.5. The summed E-state index contributed by atoms with van der Waals surface area (Å²) in [6.07, 6.45) is 20.2. The molecule has 2 aromatic rings. The van der Waals surface area contributed by atoms with E-state index < -0.39 is 29.2 Å². The number of nitrogens with two attached hydrogens (primary N) is 1. The minimum Gasteiger partial charge on any atom is -0.543 e. The van der Waals surface area contributed by atoms with Crippen LogP contribution in [0.3, 0.4) is 0 Å². The molecule has 1 fully saturated rings. The molecule has 1 saturated heterocycles. The third kappa shape index (κ3) is 11.7. The summed E-state index contributed by atoms with van der Waals surface area (Å²) < 4.78 is 11.2. The van der Waals surface area contributed by atoms with Crippen molar-refractivity contribution in [2.24, 2.45) is 5.16 Å². The predicted molar refractivity (Wildman–Crippen MR) is 192 cm³/mol. The molecule has 0 aromatic carbocycles. The van der Waals surface area contributed by atoms with Gasteiger partial charge in [-0.1, -0.05) is 89.1 Å². The van der Waals surface area contributed by atoms with Crippen molar-refractivity contribution in [3.63, 3.8) is 0 Å². The van der Waals surface area contributed by atoms with Crippen LogP contribution >= 0.6 is 23.3 Å². The molecule has 278 valence electrons. The highest BCUT2D eigenvalue weighted by Gasteiger charge is 2.53. The van der Waals surface area contributed by atoms with E-state index in [1.54, 1.807) is 29.1 Å². The summed E-state index contributed by atoms with van der Waals surface area (Å²) in [6.45, 7) is 2.60. The van der Waals surface area contributed by atoms with Gasteiger partial charge in [0.2, 0.25) is 11.5 Å². The molecule has 0 bridgehead atoms. The molecule has 0 saturated carbocycles. The molecule has 51 heavy (non-hydrogen) atoms. The Morgan fingerprint density at radius 2 is 1.67 bits per heavy atom. The second kappa shape index (κ2) is 20.7. The van der Waals surface area contributed by atoms with E-state index in [1.165, 1.54) is 83.1 Å². The van der Waals surface area contributed by atoms with Crippen LogP contribution in [0.4, 0.5) is 5.13 Å². The first-order valence-electron chi connectivity index (χ1n) is 17.8. The van der Waals surface area contributed by atoms with Gasteiger partial charge in [0.25, 0.3) is 11.8 Å². The zero-order chi connectivity index (χ0) is 36.6. The molecule has 2 aliphatic rings. The molecule has 4 rings (SSSR count). The number of unbranched alkanes of at least 4 members (excludes halogenated alkanes) is 12. The lowest BCUT2D eigenvalue weighted by Crippen LogP contribution is -2.71. The van der Waals surface area contributed by atoms with Crippen molar-refractivity contribution in [1.82, 2.24) is 19.6 Å². The van der Waals surface area contributed by atoms with Crippen LogP contribution in [0.5, 0.6) is 0 Å². The lowest BCUT2D eigenvalue weighted by Gasteiger charge is -2.50. The van der Waals surface area contributed by atoms with Crippen molar-refractivity contribution in [1.29, 1.82) is 0 Å². The Bertz CT molecular complexity index is 1550. The van der Waals surface area contributed by atoms with Gasteiger partial charge >= 0.3 is 5.97 Å². The summed E-state index contributed by atoms with van der Waals surface area (Å²) in [4.78, 5) is 60.4. The fourth-order valence-corrected chi connectivity index (χ4v) is 7.81. The number of nitrogens with one attached hydrogen (secondary N) is 1. The highest BCUT2D eigenvalue weighted by molar-refractivity contribution is 8.00. The molecule has 3 N–H and O–H groups in total. The van der Waals surface area contributed by atoms with E-state index in [4.69, 9.17) is 15.3 Å². The van der Waals surface area contributed by atoms with Crippen LogP contribution in [0.2, 0.25) is 0 Å². The van der Waals surface area contributed by atoms with Gasteiger partial charge in [0, 0.05) is 47.0 Å². The Morgan fingerprint density at radius 1 is 1.04 bits per heavy atom. The largest absolute Gasteiger partial charge is 0.543 e. The quantitative estimate of drug-likeness (QED) is 0.0423. The third-order valence-electron chi connectivity index (χ3n) is 8.80. The molecule has 16 heteroatoms. The number of nitrogen functional groups attached to an aromatic ring is 1. The van der Waals surface area contributed by atoms with Crippen LogP contribution in [0.25, 0.3) is 0 Å². The highest BCUT2D eigenvalue weighted by atomic mass is 32.2. The number of aromatic nitrogens is 3. The van der Waals surface area contributed by atoms with Crippen molar-refractivity contribution in [2.75, 3.05) is 18.6 Å². The number of carboxylic acids is 1. The molecular formula is C35H49N7O7S2. The maximum atomic E-state index is 13.1. The van der Waals surface area contributed by atoms with Crippen LogP contribution in [0, 0.1) is 0 Å². The Morgan fingerprint density at radius 3 is 2.24 bits per heavy atom. The summed E-state index contributed by atoms with van der Waals surface area (Å²) in [7, 11) is 1.25. The number of fused-ring (bicyclic) bond motifs is 1. The fourth-order valence-electron chi connectivity index (χ4n) is 6.04. The Labute approximate surface area is 307 Å². The topological polar surface area (TPSA) is 193 Å². The second-order valence-corrected chi connectivity index (χ2v) is 14.6. The van der Waals surface area contributed by atoms with Gasteiger partial charge in [-0.3, -0.25) is 19.3 Å². The average Bonchev–Trinajstić information content (AvgIpc) is 3.56. The molecule has 0 radical (unpaired) electrons. The number of esters is 1. The lowest BCUT2D eigenvalue weighted by molar-refractivity contribution is -0.689. The second-order valence-electron chi connectivity index (χ2n) is 12.7. The number of carbonyl (C=O) groups is 4. The summed E-state index contributed by atoms with van der Waals surface area (Å²) in [5.41, 5.74) is 6.43. The van der Waals surface area contributed by atoms with Crippen molar-refractivity contribution in [3.8, 4) is 0 Å². The van der Waals surface area contributed by atoms with Crippen LogP contribution in [-0.4, -0.2) is 68.0 Å². The fraction of sp³-hybridized carbons (Fsp3) is 0.600. The van der Waals surface area contributed by atoms with Crippen LogP contribution < -0.4 is 20.7 Å². The predicted octanol–water partition coefficient (Wildman–Crippen LogP) is 3.39. The van der Waals surface area contributed by atoms with E-state index in [0.717, 1.165) is 41.3 Å². The Balaban J connectivity index is 1.18. The van der Waals surface area contributed by atoms with Crippen molar-refractivity contribution >= 4 is 57.9 Å². The van der Waals surface area contributed by atoms with Gasteiger partial charge in [0.1, 0.15) is 25.1 Å². The van der Waals surface area contributed by atoms with Crippen molar-refractivity contribution in [3.05, 3.63) is 47.2 Å². The van der Waals surface area contributed by atoms with Gasteiger partial charge in [0.15, 0.2) is 24.1 Å². The first-order chi connectivity index (χ1) is 24.7. The maximum absolute atomic E-state index is 13.1. The number of hydrogen-bond acceptors (Lipinski definition) is 13. The number of ether oxygens (including phenoxy) is 1. The SMILES string of the molecule is CCCCCCCCCCCCCCCC(=O)OCc1cc[n+](CC2=C(C(=O)[O-])N3C(=O)C(NC(=O)C(=NOC)c4nsc(N)n4)[C@@H]3SC2)cc1. The standard InChI is InChI=1S/C35H49N7O7S2/c1-3-4-5-6-7-8-9-10-11-12-13-14-15-16-26(43)49-22-24-17-19-41(20-18-24)21-25-23-50-33-28(32(45)42(33)29(25)34(46)47)37-31(44)27(39-48-2)30-38-35(36)51-40-30/h17-20,28,33H,3-16,21-23H2,1-2H3,(H3-,36,37,38,40,44,46,47)/t28?,33-/m0/s1. The van der Waals surface area contributed by atoms with E-state index in [9.17, 15) is 24.3 Å². The molecule has 0 aliphatic carbocycles. The van der Waals surface area contributed by atoms with E-state index in [2.05, 4.69) is 26.8 Å². The number of aliphatic carboxylic acids is 1. The third-order valence-corrected chi connectivity index (χ3v) is 10.7. The van der Waals surface area contributed by atoms with Crippen molar-refractivity contribution < 1.29 is 38.4 Å². The minimum absolute atomic E-state index is 0.0550. The number of carboxylic acid groups (broad SMARTS) is 1. The number of rotatable bonds is 23. The first kappa shape index (κ1) is 39.7. The first-order valence-corrected chi connectivity index (χ1v) is 19.6. The number of amides is 2. The molecule has 0 spiro atoms. The molecule has 1 unspecified atom stereocenters. The van der Waals surface area contributed by atoms with Crippen LogP contribution in [0.15, 0.2) is 41.0 Å². The molecule has 2 atom stereocenters. The number of hydrogen-bond donors (Lipinski definition) is 2. The van der Waals surface area contributed by atoms with Crippen molar-refractivity contribution in [2.45, 2.75) is 121 Å². The van der Waals surface area contributed by atoms with E-state index in [1.807, 2.05) is 0 Å². The van der Waals surface area contributed by atoms with Gasteiger partial charge < -0.3 is 30.5 Å². The zero-order valence-corrected chi connectivity index (χ0v) is 31.1. The summed E-state index contributed by atoms with van der Waals surface area (Å²) in [5.74, 6) is -2.82. The van der Waals surface area contributed by atoms with Gasteiger partial charge in [0.05, 0.1) is 11.7 Å². The molecule has 2 amide bonds. The number of oxime groups is 1. The van der Waals surface area contributed by atoms with Crippen LogP contribution in [0.1, 0.15) is 108 Å². The number of nitrogens with zero attached hydrogens (tertiary/aromatic N) is 5. The molecule has 14 nitrogen and oxygen atoms in total. The summed E-state index contributed by atoms with van der Waals surface area (Å²) in [6, 6.07) is 2.61.